The molecule has 0 fully saturated rings. The Bertz CT molecular complexity index is 1520. The van der Waals surface area contributed by atoms with Crippen molar-refractivity contribution in [1.82, 2.24) is 9.97 Å². The number of nitrogens with zero attached hydrogens (tertiary/aromatic N) is 2. The zero-order chi connectivity index (χ0) is 29.7. The minimum atomic E-state index is -2.15. The average molecular weight is 695 g/mol. The van der Waals surface area contributed by atoms with Crippen molar-refractivity contribution in [3.63, 3.8) is 0 Å². The average Bonchev–Trinajstić information content (AvgIpc) is 2.98. The van der Waals surface area contributed by atoms with Gasteiger partial charge in [-0.2, -0.15) is 0 Å². The molecule has 5 aromatic rings. The maximum Gasteiger partial charge on any atom is 0.0799 e. The van der Waals surface area contributed by atoms with Crippen LogP contribution in [0.3, 0.4) is 0 Å². The molecule has 0 amide bonds. The Morgan fingerprint density at radius 3 is 2.16 bits per heavy atom. The van der Waals surface area contributed by atoms with E-state index in [2.05, 4.69) is 41.7 Å². The van der Waals surface area contributed by atoms with E-state index in [1.54, 1.807) is 18.3 Å². The summed E-state index contributed by atoms with van der Waals surface area (Å²) >= 11 is 0. The summed E-state index contributed by atoms with van der Waals surface area (Å²) in [5, 5.41) is 1.15. The summed E-state index contributed by atoms with van der Waals surface area (Å²) in [5.41, 5.74) is 5.57. The molecule has 0 aliphatic rings. The second kappa shape index (κ2) is 13.6. The minimum Gasteiger partial charge on any atom is -0.305 e. The van der Waals surface area contributed by atoms with Crippen LogP contribution in [0.4, 0.5) is 0 Å². The number of hydrogen-bond acceptors (Lipinski definition) is 2. The normalized spacial score (nSPS) is 14.2. The number of hydrogen-bond donors (Lipinski definition) is 0. The summed E-state index contributed by atoms with van der Waals surface area (Å²) in [6.07, 6.45) is 3.69. The minimum absolute atomic E-state index is 0. The van der Waals surface area contributed by atoms with Crippen LogP contribution in [0.15, 0.2) is 109 Å². The molecule has 0 spiro atoms. The molecule has 1 unspecified atom stereocenters. The van der Waals surface area contributed by atoms with Gasteiger partial charge in [-0.3, -0.25) is 0 Å². The zero-order valence-corrected chi connectivity index (χ0v) is 25.5. The van der Waals surface area contributed by atoms with Crippen LogP contribution in [-0.2, 0) is 20.1 Å². The Kier molecular flexibility index (Phi) is 8.54. The maximum absolute atomic E-state index is 9.21. The van der Waals surface area contributed by atoms with Gasteiger partial charge in [0.2, 0.25) is 0 Å². The number of benzene rings is 3. The summed E-state index contributed by atoms with van der Waals surface area (Å²) in [6, 6.07) is 36.6. The fourth-order valence-electron chi connectivity index (χ4n) is 4.01. The van der Waals surface area contributed by atoms with Gasteiger partial charge in [0.1, 0.15) is 0 Å². The molecule has 1 atom stereocenters. The third-order valence-corrected chi connectivity index (χ3v) is 8.08. The smallest absolute Gasteiger partial charge is 0.0799 e. The summed E-state index contributed by atoms with van der Waals surface area (Å²) in [4.78, 5) is 8.87. The first-order valence-corrected chi connectivity index (χ1v) is 15.8. The molecule has 1 radical (unpaired) electrons. The first-order valence-electron chi connectivity index (χ1n) is 14.3. The van der Waals surface area contributed by atoms with Crippen LogP contribution in [0, 0.1) is 19.0 Å². The van der Waals surface area contributed by atoms with Crippen LogP contribution >= 0.6 is 0 Å². The number of rotatable bonds is 5. The monoisotopic (exact) mass is 695 g/mol. The third kappa shape index (κ3) is 7.67. The Labute approximate surface area is 248 Å². The Balaban J connectivity index is 0.000000310. The van der Waals surface area contributed by atoms with Crippen LogP contribution in [0.5, 0.6) is 0 Å². The zero-order valence-electron chi connectivity index (χ0n) is 26.1. The van der Waals surface area contributed by atoms with Crippen LogP contribution in [0.2, 0.25) is 19.6 Å². The van der Waals surface area contributed by atoms with Crippen molar-refractivity contribution in [2.45, 2.75) is 39.3 Å². The molecule has 0 N–H and O–H groups in total. The van der Waals surface area contributed by atoms with E-state index in [1.165, 1.54) is 6.07 Å². The molecule has 0 bridgehead atoms. The predicted octanol–water partition coefficient (Wildman–Crippen LogP) is 8.10. The van der Waals surface area contributed by atoms with E-state index in [0.717, 1.165) is 33.1 Å². The maximum atomic E-state index is 9.21. The number of aromatic nitrogens is 2. The van der Waals surface area contributed by atoms with Gasteiger partial charge in [-0.25, -0.2) is 0 Å². The van der Waals surface area contributed by atoms with Gasteiger partial charge in [-0.15, -0.1) is 71.3 Å². The molecule has 4 heteroatoms. The van der Waals surface area contributed by atoms with Crippen molar-refractivity contribution < 1.29 is 25.6 Å². The molecule has 0 saturated carbocycles. The first-order chi connectivity index (χ1) is 19.4. The van der Waals surface area contributed by atoms with Gasteiger partial charge in [0.05, 0.1) is 8.07 Å². The van der Waals surface area contributed by atoms with E-state index in [-0.39, 0.29) is 25.7 Å². The summed E-state index contributed by atoms with van der Waals surface area (Å²) < 4.78 is 31.8. The van der Waals surface area contributed by atoms with Crippen molar-refractivity contribution >= 4 is 13.3 Å². The topological polar surface area (TPSA) is 25.8 Å². The quantitative estimate of drug-likeness (QED) is 0.137. The molecule has 0 aliphatic carbocycles. The molecule has 2 aromatic heterocycles. The van der Waals surface area contributed by atoms with Crippen LogP contribution in [0.25, 0.3) is 22.5 Å². The van der Waals surface area contributed by atoms with Gasteiger partial charge in [0, 0.05) is 43.9 Å². The molecule has 2 heterocycles. The fraction of sp³-hybridized carbons (Fsp3) is 0.176. The second-order valence-corrected chi connectivity index (χ2v) is 14.9. The largest absolute Gasteiger partial charge is 0.305 e. The van der Waals surface area contributed by atoms with E-state index in [1.807, 2.05) is 92.0 Å². The van der Waals surface area contributed by atoms with E-state index < -0.39 is 20.8 Å². The van der Waals surface area contributed by atoms with Crippen LogP contribution in [-0.4, -0.2) is 18.0 Å². The Morgan fingerprint density at radius 1 is 0.816 bits per heavy atom. The Morgan fingerprint density at radius 2 is 1.55 bits per heavy atom. The van der Waals surface area contributed by atoms with Gasteiger partial charge in [-0.05, 0) is 33.8 Å². The standard InChI is InChI=1S/C23H26NSi.C11H8N.Ir/c1-17-11-13-20(14-12-17)22-15-21(23(16-24-22)25(3,4)5)18(2)19-9-7-6-8-10-19;1-2-6-10(7-3-1)11-8-4-5-9-12-11;/h6-13,15-16,18H,1-5H3;1-6,8-9H;/q2*-1;/i1D3,18D;;. The summed E-state index contributed by atoms with van der Waals surface area (Å²) in [5.74, 6) is -0.923. The SMILES string of the molecule is [2H]C([2H])([2H])c1c[c-]c(-c2cc(C([2H])(C)c3ccccc3)c([Si](C)(C)C)cn2)cc1.[Ir].[c-]1ccccc1-c1ccccn1. The van der Waals surface area contributed by atoms with Crippen molar-refractivity contribution in [2.24, 2.45) is 0 Å². The molecule has 3 aromatic carbocycles. The molecule has 0 saturated heterocycles. The molecule has 5 rings (SSSR count). The van der Waals surface area contributed by atoms with E-state index in [0.29, 0.717) is 5.69 Å². The molecule has 0 aliphatic heterocycles. The first kappa shape index (κ1) is 23.9. The molecule has 38 heavy (non-hydrogen) atoms. The van der Waals surface area contributed by atoms with E-state index in [4.69, 9.17) is 4.11 Å². The summed E-state index contributed by atoms with van der Waals surface area (Å²) in [6.45, 7) is 6.54. The van der Waals surface area contributed by atoms with Gasteiger partial charge in [-0.1, -0.05) is 81.9 Å². The van der Waals surface area contributed by atoms with Gasteiger partial charge in [0.25, 0.3) is 0 Å². The Hall–Kier alpha value is -3.17. The number of pyridine rings is 2. The number of aryl methyl sites for hydroxylation is 1. The second-order valence-electron chi connectivity index (χ2n) is 9.84. The molecule has 195 valence electrons. The van der Waals surface area contributed by atoms with Crippen molar-refractivity contribution in [1.29, 1.82) is 0 Å². The molecule has 2 nitrogen and oxygen atoms in total. The van der Waals surface area contributed by atoms with E-state index >= 15 is 0 Å². The van der Waals surface area contributed by atoms with Gasteiger partial charge >= 0.3 is 0 Å². The van der Waals surface area contributed by atoms with Gasteiger partial charge < -0.3 is 9.97 Å². The molecular weight excluding hydrogens is 657 g/mol. The molecular formula is C34H34IrN2Si-2. The van der Waals surface area contributed by atoms with Crippen molar-refractivity contribution in [2.75, 3.05) is 0 Å². The predicted molar refractivity (Wildman–Crippen MR) is 159 cm³/mol. The van der Waals surface area contributed by atoms with E-state index in [9.17, 15) is 1.37 Å². The van der Waals surface area contributed by atoms with Crippen LogP contribution in [0.1, 0.15) is 35.0 Å². The fourth-order valence-corrected chi connectivity index (χ4v) is 5.53. The van der Waals surface area contributed by atoms with Gasteiger partial charge in [0.15, 0.2) is 0 Å². The summed E-state index contributed by atoms with van der Waals surface area (Å²) in [7, 11) is -1.75. The van der Waals surface area contributed by atoms with Crippen LogP contribution < -0.4 is 5.19 Å². The third-order valence-electron chi connectivity index (χ3n) is 6.06. The van der Waals surface area contributed by atoms with Crippen molar-refractivity contribution in [3.8, 4) is 22.5 Å². The van der Waals surface area contributed by atoms with Crippen molar-refractivity contribution in [3.05, 3.63) is 138 Å².